The molecule has 2 amide bonds. The van der Waals surface area contributed by atoms with Gasteiger partial charge in [0.15, 0.2) is 0 Å². The number of rotatable bonds is 5. The fraction of sp³-hybridized carbons (Fsp3) is 0.471. The number of halogens is 1. The van der Waals surface area contributed by atoms with Crippen molar-refractivity contribution < 1.29 is 9.18 Å². The third-order valence-electron chi connectivity index (χ3n) is 3.82. The first-order valence-electron chi connectivity index (χ1n) is 7.69. The van der Waals surface area contributed by atoms with Gasteiger partial charge in [-0.15, -0.1) is 0 Å². The van der Waals surface area contributed by atoms with Crippen LogP contribution in [-0.4, -0.2) is 12.6 Å². The molecule has 0 bridgehead atoms. The summed E-state index contributed by atoms with van der Waals surface area (Å²) >= 11 is 0. The molecule has 21 heavy (non-hydrogen) atoms. The normalized spacial score (nSPS) is 16.0. The van der Waals surface area contributed by atoms with Crippen LogP contribution in [0.3, 0.4) is 0 Å². The highest BCUT2D eigenvalue weighted by Crippen LogP contribution is 2.24. The molecule has 1 saturated carbocycles. The van der Waals surface area contributed by atoms with E-state index in [1.165, 1.54) is 44.2 Å². The number of carbonyl (C=O) groups excluding carboxylic acids is 1. The van der Waals surface area contributed by atoms with Gasteiger partial charge in [0.1, 0.15) is 5.82 Å². The maximum absolute atomic E-state index is 13.0. The minimum absolute atomic E-state index is 0.210. The fourth-order valence-electron chi connectivity index (χ4n) is 2.65. The minimum Gasteiger partial charge on any atom is -0.338 e. The van der Waals surface area contributed by atoms with E-state index in [0.29, 0.717) is 18.9 Å². The smallest absolute Gasteiger partial charge is 0.318 e. The highest BCUT2D eigenvalue weighted by atomic mass is 19.1. The van der Waals surface area contributed by atoms with E-state index < -0.39 is 0 Å². The molecule has 2 rings (SSSR count). The predicted molar refractivity (Wildman–Crippen MR) is 82.4 cm³/mol. The van der Waals surface area contributed by atoms with Gasteiger partial charge in [-0.1, -0.05) is 37.5 Å². The number of benzene rings is 1. The van der Waals surface area contributed by atoms with Gasteiger partial charge in [-0.2, -0.15) is 0 Å². The van der Waals surface area contributed by atoms with Crippen LogP contribution in [0.5, 0.6) is 0 Å². The molecule has 1 aliphatic carbocycles. The molecule has 0 unspecified atom stereocenters. The quantitative estimate of drug-likeness (QED) is 0.851. The Bertz CT molecular complexity index is 481. The Morgan fingerprint density at radius 1 is 1.29 bits per heavy atom. The molecule has 114 valence electrons. The summed E-state index contributed by atoms with van der Waals surface area (Å²) in [5.41, 5.74) is 0.882. The summed E-state index contributed by atoms with van der Waals surface area (Å²) in [6.07, 6.45) is 10.8. The molecular weight excluding hydrogens is 267 g/mol. The van der Waals surface area contributed by atoms with E-state index >= 15 is 0 Å². The van der Waals surface area contributed by atoms with E-state index in [-0.39, 0.29) is 11.8 Å². The molecule has 0 atom stereocenters. The highest BCUT2D eigenvalue weighted by molar-refractivity contribution is 5.74. The van der Waals surface area contributed by atoms with Crippen LogP contribution < -0.4 is 10.6 Å². The van der Waals surface area contributed by atoms with Crippen LogP contribution in [0.1, 0.15) is 37.7 Å². The zero-order chi connectivity index (χ0) is 14.9. The Morgan fingerprint density at radius 2 is 2.10 bits per heavy atom. The lowest BCUT2D eigenvalue weighted by Gasteiger charge is -2.17. The SMILES string of the molecule is O=C(N/C=C/C1CCCCC1)NCCc1cccc(F)c1. The van der Waals surface area contributed by atoms with Crippen LogP contribution in [-0.2, 0) is 6.42 Å². The third-order valence-corrected chi connectivity index (χ3v) is 3.82. The molecule has 0 spiro atoms. The summed E-state index contributed by atoms with van der Waals surface area (Å²) < 4.78 is 13.0. The van der Waals surface area contributed by atoms with Crippen molar-refractivity contribution in [2.24, 2.45) is 5.92 Å². The largest absolute Gasteiger partial charge is 0.338 e. The van der Waals surface area contributed by atoms with E-state index in [1.54, 1.807) is 12.3 Å². The fourth-order valence-corrected chi connectivity index (χ4v) is 2.65. The molecule has 0 radical (unpaired) electrons. The minimum atomic E-state index is -0.243. The lowest BCUT2D eigenvalue weighted by molar-refractivity contribution is 0.244. The standard InChI is InChI=1S/C17H23FN2O/c18-16-8-4-7-15(13-16)10-12-20-17(21)19-11-9-14-5-2-1-3-6-14/h4,7-9,11,13-14H,1-3,5-6,10,12H2,(H2,19,20,21)/b11-9+. The van der Waals surface area contributed by atoms with E-state index in [0.717, 1.165) is 5.56 Å². The molecule has 1 aromatic rings. The van der Waals surface area contributed by atoms with E-state index in [4.69, 9.17) is 0 Å². The number of nitrogens with one attached hydrogen (secondary N) is 2. The maximum atomic E-state index is 13.0. The van der Waals surface area contributed by atoms with Crippen molar-refractivity contribution in [1.29, 1.82) is 0 Å². The molecule has 0 aliphatic heterocycles. The molecule has 0 heterocycles. The Kier molecular flexibility index (Phi) is 6.25. The van der Waals surface area contributed by atoms with Crippen molar-refractivity contribution in [3.05, 3.63) is 47.9 Å². The third kappa shape index (κ3) is 5.98. The van der Waals surface area contributed by atoms with Gasteiger partial charge in [0.05, 0.1) is 0 Å². The predicted octanol–water partition coefficient (Wildman–Crippen LogP) is 3.76. The van der Waals surface area contributed by atoms with E-state index in [2.05, 4.69) is 16.7 Å². The number of hydrogen-bond acceptors (Lipinski definition) is 1. The van der Waals surface area contributed by atoms with Crippen molar-refractivity contribution in [3.63, 3.8) is 0 Å². The lowest BCUT2D eigenvalue weighted by atomic mass is 9.89. The topological polar surface area (TPSA) is 41.1 Å². The number of amides is 2. The molecule has 2 N–H and O–H groups in total. The molecular formula is C17H23FN2O. The second kappa shape index (κ2) is 8.45. The number of hydrogen-bond donors (Lipinski definition) is 2. The second-order valence-corrected chi connectivity index (χ2v) is 5.54. The number of allylic oxidation sites excluding steroid dienone is 1. The average Bonchev–Trinajstić information content (AvgIpc) is 2.48. The molecule has 3 nitrogen and oxygen atoms in total. The van der Waals surface area contributed by atoms with Crippen LogP contribution in [0.25, 0.3) is 0 Å². The van der Waals surface area contributed by atoms with Crippen LogP contribution >= 0.6 is 0 Å². The van der Waals surface area contributed by atoms with Gasteiger partial charge in [0, 0.05) is 12.7 Å². The van der Waals surface area contributed by atoms with Crippen molar-refractivity contribution in [2.75, 3.05) is 6.54 Å². The Balaban J connectivity index is 1.62. The van der Waals surface area contributed by atoms with Gasteiger partial charge in [-0.25, -0.2) is 9.18 Å². The van der Waals surface area contributed by atoms with Crippen molar-refractivity contribution in [1.82, 2.24) is 10.6 Å². The van der Waals surface area contributed by atoms with Gasteiger partial charge in [-0.3, -0.25) is 0 Å². The van der Waals surface area contributed by atoms with E-state index in [9.17, 15) is 9.18 Å². The maximum Gasteiger partial charge on any atom is 0.318 e. The first kappa shape index (κ1) is 15.5. The first-order valence-corrected chi connectivity index (χ1v) is 7.69. The summed E-state index contributed by atoms with van der Waals surface area (Å²) in [6, 6.07) is 6.23. The Labute approximate surface area is 125 Å². The lowest BCUT2D eigenvalue weighted by Crippen LogP contribution is -2.33. The summed E-state index contributed by atoms with van der Waals surface area (Å²) in [4.78, 5) is 11.6. The first-order chi connectivity index (χ1) is 10.2. The number of carbonyl (C=O) groups is 1. The van der Waals surface area contributed by atoms with Gasteiger partial charge in [-0.05, 0) is 42.9 Å². The van der Waals surface area contributed by atoms with E-state index in [1.807, 2.05) is 6.07 Å². The van der Waals surface area contributed by atoms with Gasteiger partial charge < -0.3 is 10.6 Å². The highest BCUT2D eigenvalue weighted by Gasteiger charge is 2.09. The molecule has 0 saturated heterocycles. The van der Waals surface area contributed by atoms with Crippen molar-refractivity contribution in [3.8, 4) is 0 Å². The van der Waals surface area contributed by atoms with Crippen molar-refractivity contribution in [2.45, 2.75) is 38.5 Å². The molecule has 0 aromatic heterocycles. The zero-order valence-electron chi connectivity index (χ0n) is 12.3. The summed E-state index contributed by atoms with van der Waals surface area (Å²) in [7, 11) is 0. The molecule has 4 heteroatoms. The van der Waals surface area contributed by atoms with Gasteiger partial charge in [0.25, 0.3) is 0 Å². The summed E-state index contributed by atoms with van der Waals surface area (Å²) in [6.45, 7) is 0.493. The Hall–Kier alpha value is -1.84. The van der Waals surface area contributed by atoms with Crippen LogP contribution in [0, 0.1) is 11.7 Å². The van der Waals surface area contributed by atoms with Crippen molar-refractivity contribution >= 4 is 6.03 Å². The van der Waals surface area contributed by atoms with Crippen LogP contribution in [0.2, 0.25) is 0 Å². The molecule has 1 fully saturated rings. The van der Waals surface area contributed by atoms with Gasteiger partial charge >= 0.3 is 6.03 Å². The molecule has 1 aliphatic rings. The van der Waals surface area contributed by atoms with Gasteiger partial charge in [0.2, 0.25) is 0 Å². The summed E-state index contributed by atoms with van der Waals surface area (Å²) in [5.74, 6) is 0.360. The van der Waals surface area contributed by atoms with Crippen LogP contribution in [0.15, 0.2) is 36.5 Å². The average molecular weight is 290 g/mol. The Morgan fingerprint density at radius 3 is 2.86 bits per heavy atom. The number of urea groups is 1. The second-order valence-electron chi connectivity index (χ2n) is 5.54. The molecule has 1 aromatic carbocycles. The monoisotopic (exact) mass is 290 g/mol. The summed E-state index contributed by atoms with van der Waals surface area (Å²) in [5, 5.41) is 5.49. The van der Waals surface area contributed by atoms with Crippen LogP contribution in [0.4, 0.5) is 9.18 Å². The zero-order valence-corrected chi connectivity index (χ0v) is 12.3.